The summed E-state index contributed by atoms with van der Waals surface area (Å²) < 4.78 is 0. The maximum absolute atomic E-state index is 11.4. The SMILES string of the molecule is C=CCCCCCC(=O)CNC(C)(C)C. The highest BCUT2D eigenvalue weighted by molar-refractivity contribution is 5.80. The predicted octanol–water partition coefficient (Wildman–Crippen LogP) is 3.08. The number of nitrogens with one attached hydrogen (secondary N) is 1. The van der Waals surface area contributed by atoms with Gasteiger partial charge in [-0.2, -0.15) is 0 Å². The summed E-state index contributed by atoms with van der Waals surface area (Å²) >= 11 is 0. The molecule has 0 rings (SSSR count). The van der Waals surface area contributed by atoms with Crippen LogP contribution >= 0.6 is 0 Å². The van der Waals surface area contributed by atoms with Gasteiger partial charge in [-0.1, -0.05) is 12.5 Å². The van der Waals surface area contributed by atoms with Crippen molar-refractivity contribution >= 4 is 5.78 Å². The molecule has 0 aliphatic heterocycles. The number of carbonyl (C=O) groups excluding carboxylic acids is 1. The van der Waals surface area contributed by atoms with Gasteiger partial charge in [-0.3, -0.25) is 4.79 Å². The van der Waals surface area contributed by atoms with Crippen molar-refractivity contribution in [2.75, 3.05) is 6.54 Å². The first-order chi connectivity index (χ1) is 6.95. The summed E-state index contributed by atoms with van der Waals surface area (Å²) in [6, 6.07) is 0. The summed E-state index contributed by atoms with van der Waals surface area (Å²) in [5, 5.41) is 3.21. The fraction of sp³-hybridized carbons (Fsp3) is 0.769. The summed E-state index contributed by atoms with van der Waals surface area (Å²) in [6.45, 7) is 10.4. The number of hydrogen-bond donors (Lipinski definition) is 1. The summed E-state index contributed by atoms with van der Waals surface area (Å²) in [7, 11) is 0. The van der Waals surface area contributed by atoms with E-state index in [0.29, 0.717) is 18.7 Å². The number of ketones is 1. The van der Waals surface area contributed by atoms with Crippen LogP contribution in [0.5, 0.6) is 0 Å². The van der Waals surface area contributed by atoms with Crippen LogP contribution in [0, 0.1) is 0 Å². The zero-order valence-corrected chi connectivity index (χ0v) is 10.4. The number of rotatable bonds is 8. The van der Waals surface area contributed by atoms with E-state index in [1.54, 1.807) is 0 Å². The Morgan fingerprint density at radius 2 is 1.93 bits per heavy atom. The van der Waals surface area contributed by atoms with Crippen molar-refractivity contribution < 1.29 is 4.79 Å². The molecule has 0 aromatic rings. The number of allylic oxidation sites excluding steroid dienone is 1. The van der Waals surface area contributed by atoms with Crippen molar-refractivity contribution in [2.24, 2.45) is 0 Å². The molecule has 0 fully saturated rings. The molecular formula is C13H25NO. The van der Waals surface area contributed by atoms with Gasteiger partial charge >= 0.3 is 0 Å². The Balaban J connectivity index is 3.38. The van der Waals surface area contributed by atoms with Crippen LogP contribution in [0.15, 0.2) is 12.7 Å². The van der Waals surface area contributed by atoms with Crippen molar-refractivity contribution in [3.05, 3.63) is 12.7 Å². The number of carbonyl (C=O) groups is 1. The maximum atomic E-state index is 11.4. The molecule has 88 valence electrons. The van der Waals surface area contributed by atoms with Crippen LogP contribution < -0.4 is 5.32 Å². The molecule has 0 saturated heterocycles. The second-order valence-electron chi connectivity index (χ2n) is 5.03. The van der Waals surface area contributed by atoms with Crippen LogP contribution in [0.1, 0.15) is 52.9 Å². The van der Waals surface area contributed by atoms with Crippen LogP contribution in [-0.2, 0) is 4.79 Å². The second kappa shape index (κ2) is 7.63. The van der Waals surface area contributed by atoms with Gasteiger partial charge in [-0.25, -0.2) is 0 Å². The summed E-state index contributed by atoms with van der Waals surface area (Å²) in [5.74, 6) is 0.323. The summed E-state index contributed by atoms with van der Waals surface area (Å²) in [5.41, 5.74) is 0.0402. The van der Waals surface area contributed by atoms with E-state index >= 15 is 0 Å². The summed E-state index contributed by atoms with van der Waals surface area (Å²) in [4.78, 5) is 11.4. The lowest BCUT2D eigenvalue weighted by molar-refractivity contribution is -0.118. The molecule has 0 amide bonds. The molecule has 0 aliphatic carbocycles. The fourth-order valence-corrected chi connectivity index (χ4v) is 1.24. The quantitative estimate of drug-likeness (QED) is 0.494. The molecule has 2 heteroatoms. The zero-order chi connectivity index (χ0) is 11.7. The standard InChI is InChI=1S/C13H25NO/c1-5-6-7-8-9-10-12(15)11-14-13(2,3)4/h5,14H,1,6-11H2,2-4H3. The third kappa shape index (κ3) is 11.3. The van der Waals surface area contributed by atoms with E-state index < -0.39 is 0 Å². The van der Waals surface area contributed by atoms with Crippen LogP contribution in [0.2, 0.25) is 0 Å². The molecule has 0 spiro atoms. The zero-order valence-electron chi connectivity index (χ0n) is 10.4. The number of unbranched alkanes of at least 4 members (excludes halogenated alkanes) is 3. The second-order valence-corrected chi connectivity index (χ2v) is 5.03. The van der Waals surface area contributed by atoms with E-state index in [4.69, 9.17) is 0 Å². The van der Waals surface area contributed by atoms with E-state index in [9.17, 15) is 4.79 Å². The average Bonchev–Trinajstić information content (AvgIpc) is 2.13. The molecule has 0 saturated carbocycles. The van der Waals surface area contributed by atoms with Crippen molar-refractivity contribution in [2.45, 2.75) is 58.4 Å². The first-order valence-corrected chi connectivity index (χ1v) is 5.83. The molecule has 0 bridgehead atoms. The largest absolute Gasteiger partial charge is 0.305 e. The maximum Gasteiger partial charge on any atom is 0.146 e. The minimum absolute atomic E-state index is 0.0402. The molecule has 0 atom stereocenters. The van der Waals surface area contributed by atoms with Gasteiger partial charge in [0.1, 0.15) is 5.78 Å². The van der Waals surface area contributed by atoms with Gasteiger partial charge in [-0.05, 0) is 40.0 Å². The Hall–Kier alpha value is -0.630. The monoisotopic (exact) mass is 211 g/mol. The van der Waals surface area contributed by atoms with E-state index in [1.807, 2.05) is 6.08 Å². The van der Waals surface area contributed by atoms with Gasteiger partial charge < -0.3 is 5.32 Å². The lowest BCUT2D eigenvalue weighted by Crippen LogP contribution is -2.39. The lowest BCUT2D eigenvalue weighted by atomic mass is 10.1. The normalized spacial score (nSPS) is 11.4. The molecule has 1 N–H and O–H groups in total. The Morgan fingerprint density at radius 1 is 1.27 bits per heavy atom. The highest BCUT2D eigenvalue weighted by Gasteiger charge is 2.10. The summed E-state index contributed by atoms with van der Waals surface area (Å²) in [6.07, 6.45) is 7.01. The highest BCUT2D eigenvalue weighted by atomic mass is 16.1. The third-order valence-corrected chi connectivity index (χ3v) is 2.18. The van der Waals surface area contributed by atoms with Crippen LogP contribution in [0.25, 0.3) is 0 Å². The first kappa shape index (κ1) is 14.4. The number of Topliss-reactive ketones (excluding diaryl/α,β-unsaturated/α-hetero) is 1. The Morgan fingerprint density at radius 3 is 2.47 bits per heavy atom. The highest BCUT2D eigenvalue weighted by Crippen LogP contribution is 2.04. The topological polar surface area (TPSA) is 29.1 Å². The van der Waals surface area contributed by atoms with Gasteiger partial charge in [-0.15, -0.1) is 6.58 Å². The smallest absolute Gasteiger partial charge is 0.146 e. The molecule has 0 radical (unpaired) electrons. The molecule has 0 heterocycles. The van der Waals surface area contributed by atoms with Crippen molar-refractivity contribution in [1.82, 2.24) is 5.32 Å². The average molecular weight is 211 g/mol. The molecule has 0 aromatic carbocycles. The minimum atomic E-state index is 0.0402. The van der Waals surface area contributed by atoms with E-state index in [1.165, 1.54) is 0 Å². The first-order valence-electron chi connectivity index (χ1n) is 5.83. The van der Waals surface area contributed by atoms with Gasteiger partial charge in [0.05, 0.1) is 6.54 Å². The van der Waals surface area contributed by atoms with Crippen LogP contribution in [0.3, 0.4) is 0 Å². The van der Waals surface area contributed by atoms with Crippen molar-refractivity contribution in [1.29, 1.82) is 0 Å². The minimum Gasteiger partial charge on any atom is -0.305 e. The molecule has 0 aromatic heterocycles. The molecule has 2 nitrogen and oxygen atoms in total. The number of hydrogen-bond acceptors (Lipinski definition) is 2. The van der Waals surface area contributed by atoms with E-state index in [2.05, 4.69) is 32.7 Å². The predicted molar refractivity (Wildman–Crippen MR) is 66.0 cm³/mol. The van der Waals surface area contributed by atoms with E-state index in [-0.39, 0.29) is 5.54 Å². The molecule has 0 unspecified atom stereocenters. The van der Waals surface area contributed by atoms with Gasteiger partial charge in [0, 0.05) is 12.0 Å². The molecular weight excluding hydrogens is 186 g/mol. The third-order valence-electron chi connectivity index (χ3n) is 2.18. The van der Waals surface area contributed by atoms with Crippen molar-refractivity contribution in [3.8, 4) is 0 Å². The Labute approximate surface area is 94.1 Å². The van der Waals surface area contributed by atoms with Gasteiger partial charge in [0.25, 0.3) is 0 Å². The fourth-order valence-electron chi connectivity index (χ4n) is 1.24. The van der Waals surface area contributed by atoms with E-state index in [0.717, 1.165) is 25.7 Å². The Kier molecular flexibility index (Phi) is 7.31. The van der Waals surface area contributed by atoms with Crippen molar-refractivity contribution in [3.63, 3.8) is 0 Å². The van der Waals surface area contributed by atoms with Gasteiger partial charge in [0.2, 0.25) is 0 Å². The molecule has 0 aliphatic rings. The lowest BCUT2D eigenvalue weighted by Gasteiger charge is -2.19. The van der Waals surface area contributed by atoms with Crippen LogP contribution in [-0.4, -0.2) is 17.9 Å². The van der Waals surface area contributed by atoms with Gasteiger partial charge in [0.15, 0.2) is 0 Å². The Bertz CT molecular complexity index is 191. The molecule has 15 heavy (non-hydrogen) atoms. The van der Waals surface area contributed by atoms with Crippen LogP contribution in [0.4, 0.5) is 0 Å².